The first kappa shape index (κ1) is 21.7. The van der Waals surface area contributed by atoms with Gasteiger partial charge >= 0.3 is 0 Å². The molecule has 0 radical (unpaired) electrons. The molecule has 0 spiro atoms. The Labute approximate surface area is 176 Å². The fourth-order valence-electron chi connectivity index (χ4n) is 2.03. The molecule has 2 rings (SSSR count). The zero-order chi connectivity index (χ0) is 18.9. The Morgan fingerprint density at radius 3 is 2.54 bits per heavy atom. The van der Waals surface area contributed by atoms with Crippen LogP contribution in [0.15, 0.2) is 36.4 Å². The highest BCUT2D eigenvalue weighted by molar-refractivity contribution is 7.99. The topological polar surface area (TPSA) is 29.1 Å². The van der Waals surface area contributed by atoms with Gasteiger partial charge in [0.1, 0.15) is 5.82 Å². The number of rotatable bonds is 9. The van der Waals surface area contributed by atoms with E-state index >= 15 is 0 Å². The van der Waals surface area contributed by atoms with Crippen LogP contribution in [-0.4, -0.2) is 24.0 Å². The van der Waals surface area contributed by atoms with E-state index < -0.39 is 0 Å². The van der Waals surface area contributed by atoms with Crippen LogP contribution < -0.4 is 5.32 Å². The fraction of sp³-hybridized carbons (Fsp3) is 0.278. The predicted octanol–water partition coefficient (Wildman–Crippen LogP) is 6.07. The maximum atomic E-state index is 13.6. The van der Waals surface area contributed by atoms with Crippen molar-refractivity contribution < 1.29 is 9.18 Å². The number of hydrogen-bond donors (Lipinski definition) is 1. The summed E-state index contributed by atoms with van der Waals surface area (Å²) in [6, 6.07) is 10.1. The van der Waals surface area contributed by atoms with Crippen LogP contribution in [0, 0.1) is 5.82 Å². The van der Waals surface area contributed by atoms with E-state index in [1.165, 1.54) is 17.8 Å². The Kier molecular flexibility index (Phi) is 9.43. The average molecular weight is 453 g/mol. The molecule has 0 fully saturated rings. The molecule has 1 amide bonds. The normalized spacial score (nSPS) is 10.8. The molecule has 2 aromatic carbocycles. The highest BCUT2D eigenvalue weighted by atomic mass is 35.5. The van der Waals surface area contributed by atoms with E-state index in [0.717, 1.165) is 17.1 Å². The number of amides is 1. The van der Waals surface area contributed by atoms with Gasteiger partial charge in [-0.15, -0.1) is 11.8 Å². The lowest BCUT2D eigenvalue weighted by atomic mass is 10.2. The second-order valence-corrected chi connectivity index (χ2v) is 8.72. The van der Waals surface area contributed by atoms with Gasteiger partial charge in [0.15, 0.2) is 0 Å². The van der Waals surface area contributed by atoms with Crippen LogP contribution in [0.4, 0.5) is 4.39 Å². The van der Waals surface area contributed by atoms with Gasteiger partial charge in [-0.25, -0.2) is 4.39 Å². The van der Waals surface area contributed by atoms with Gasteiger partial charge in [-0.05, 0) is 35.4 Å². The predicted molar refractivity (Wildman–Crippen MR) is 113 cm³/mol. The number of benzene rings is 2. The molecule has 0 unspecified atom stereocenters. The van der Waals surface area contributed by atoms with Gasteiger partial charge in [-0.1, -0.05) is 46.9 Å². The van der Waals surface area contributed by atoms with Crippen LogP contribution in [0.2, 0.25) is 15.1 Å². The molecule has 0 saturated carbocycles. The van der Waals surface area contributed by atoms with Crippen molar-refractivity contribution in [2.24, 2.45) is 0 Å². The molecule has 0 aliphatic carbocycles. The van der Waals surface area contributed by atoms with Crippen molar-refractivity contribution in [2.45, 2.75) is 11.5 Å². The van der Waals surface area contributed by atoms with E-state index in [1.807, 2.05) is 12.1 Å². The van der Waals surface area contributed by atoms with E-state index in [2.05, 4.69) is 5.32 Å². The standard InChI is InChI=1S/C18H17Cl3FNOS2/c19-14-3-2-13(17(22)8-14)10-26-11-18(24)23-5-6-25-9-12-1-4-15(20)16(21)7-12/h1-4,7-8H,5-6,9-11H2,(H,23,24). The summed E-state index contributed by atoms with van der Waals surface area (Å²) in [6.45, 7) is 0.584. The zero-order valence-corrected chi connectivity index (χ0v) is 17.6. The van der Waals surface area contributed by atoms with E-state index in [4.69, 9.17) is 34.8 Å². The molecule has 0 atom stereocenters. The van der Waals surface area contributed by atoms with Gasteiger partial charge in [-0.3, -0.25) is 4.79 Å². The highest BCUT2D eigenvalue weighted by Crippen LogP contribution is 2.24. The molecular weight excluding hydrogens is 436 g/mol. The number of nitrogens with one attached hydrogen (secondary N) is 1. The van der Waals surface area contributed by atoms with Crippen LogP contribution in [0.5, 0.6) is 0 Å². The Morgan fingerprint density at radius 1 is 1.00 bits per heavy atom. The maximum absolute atomic E-state index is 13.6. The molecule has 0 aromatic heterocycles. The molecule has 0 saturated heterocycles. The number of halogens is 4. The lowest BCUT2D eigenvalue weighted by molar-refractivity contribution is -0.118. The van der Waals surface area contributed by atoms with Gasteiger partial charge < -0.3 is 5.32 Å². The highest BCUT2D eigenvalue weighted by Gasteiger charge is 2.06. The third-order valence-electron chi connectivity index (χ3n) is 3.33. The molecule has 1 N–H and O–H groups in total. The van der Waals surface area contributed by atoms with Crippen molar-refractivity contribution in [1.29, 1.82) is 0 Å². The quantitative estimate of drug-likeness (QED) is 0.468. The van der Waals surface area contributed by atoms with Gasteiger partial charge in [0.2, 0.25) is 5.91 Å². The molecule has 0 aliphatic rings. The van der Waals surface area contributed by atoms with Crippen molar-refractivity contribution in [3.8, 4) is 0 Å². The van der Waals surface area contributed by atoms with Crippen LogP contribution in [0.3, 0.4) is 0 Å². The van der Waals surface area contributed by atoms with Crippen molar-refractivity contribution in [3.63, 3.8) is 0 Å². The Balaban J connectivity index is 1.58. The maximum Gasteiger partial charge on any atom is 0.230 e. The molecule has 26 heavy (non-hydrogen) atoms. The van der Waals surface area contributed by atoms with Crippen molar-refractivity contribution in [2.75, 3.05) is 18.1 Å². The molecular formula is C18H17Cl3FNOS2. The SMILES string of the molecule is O=C(CSCc1ccc(Cl)cc1F)NCCSCc1ccc(Cl)c(Cl)c1. The van der Waals surface area contributed by atoms with Crippen molar-refractivity contribution in [1.82, 2.24) is 5.32 Å². The molecule has 0 bridgehead atoms. The first-order valence-electron chi connectivity index (χ1n) is 7.76. The van der Waals surface area contributed by atoms with Crippen LogP contribution >= 0.6 is 58.3 Å². The summed E-state index contributed by atoms with van der Waals surface area (Å²) < 4.78 is 13.6. The van der Waals surface area contributed by atoms with Gasteiger partial charge in [0.25, 0.3) is 0 Å². The smallest absolute Gasteiger partial charge is 0.230 e. The molecule has 0 heterocycles. The molecule has 2 aromatic rings. The summed E-state index contributed by atoms with van der Waals surface area (Å²) >= 11 is 20.6. The summed E-state index contributed by atoms with van der Waals surface area (Å²) in [5, 5.41) is 4.32. The van der Waals surface area contributed by atoms with Crippen LogP contribution in [0.25, 0.3) is 0 Å². The Bertz CT molecular complexity index is 761. The van der Waals surface area contributed by atoms with Crippen LogP contribution in [-0.2, 0) is 16.3 Å². The zero-order valence-electron chi connectivity index (χ0n) is 13.7. The van der Waals surface area contributed by atoms with E-state index in [9.17, 15) is 9.18 Å². The number of carbonyl (C=O) groups excluding carboxylic acids is 1. The van der Waals surface area contributed by atoms with Gasteiger partial charge in [0, 0.05) is 28.8 Å². The first-order valence-corrected chi connectivity index (χ1v) is 11.2. The largest absolute Gasteiger partial charge is 0.355 e. The van der Waals surface area contributed by atoms with E-state index in [0.29, 0.717) is 38.7 Å². The van der Waals surface area contributed by atoms with E-state index in [1.54, 1.807) is 30.0 Å². The average Bonchev–Trinajstić information content (AvgIpc) is 2.59. The number of carbonyl (C=O) groups is 1. The Morgan fingerprint density at radius 2 is 1.81 bits per heavy atom. The van der Waals surface area contributed by atoms with Crippen molar-refractivity contribution >= 4 is 64.2 Å². The third-order valence-corrected chi connectivity index (χ3v) is 6.31. The molecule has 8 heteroatoms. The molecule has 2 nitrogen and oxygen atoms in total. The number of hydrogen-bond acceptors (Lipinski definition) is 3. The monoisotopic (exact) mass is 451 g/mol. The molecule has 0 aliphatic heterocycles. The first-order chi connectivity index (χ1) is 12.5. The second-order valence-electron chi connectivity index (χ2n) is 5.38. The minimum absolute atomic E-state index is 0.0560. The lowest BCUT2D eigenvalue weighted by Gasteiger charge is -2.07. The second kappa shape index (κ2) is 11.3. The third kappa shape index (κ3) is 7.57. The fourth-order valence-corrected chi connectivity index (χ4v) is 4.15. The van der Waals surface area contributed by atoms with Gasteiger partial charge in [0.05, 0.1) is 15.8 Å². The van der Waals surface area contributed by atoms with Crippen LogP contribution in [0.1, 0.15) is 11.1 Å². The molecule has 140 valence electrons. The summed E-state index contributed by atoms with van der Waals surface area (Å²) in [4.78, 5) is 11.8. The summed E-state index contributed by atoms with van der Waals surface area (Å²) in [5.74, 6) is 1.92. The summed E-state index contributed by atoms with van der Waals surface area (Å²) in [6.07, 6.45) is 0. The van der Waals surface area contributed by atoms with Gasteiger partial charge in [-0.2, -0.15) is 11.8 Å². The minimum Gasteiger partial charge on any atom is -0.355 e. The summed E-state index contributed by atoms with van der Waals surface area (Å²) in [5.41, 5.74) is 1.64. The van der Waals surface area contributed by atoms with E-state index in [-0.39, 0.29) is 11.7 Å². The van der Waals surface area contributed by atoms with Crippen molar-refractivity contribution in [3.05, 3.63) is 68.4 Å². The lowest BCUT2D eigenvalue weighted by Crippen LogP contribution is -2.27. The Hall–Kier alpha value is -0.590. The summed E-state index contributed by atoms with van der Waals surface area (Å²) in [7, 11) is 0. The number of thioether (sulfide) groups is 2. The minimum atomic E-state index is -0.343.